The summed E-state index contributed by atoms with van der Waals surface area (Å²) in [6, 6.07) is 11.7. The largest absolute Gasteiger partial charge is 0.342 e. The fraction of sp³-hybridized carbons (Fsp3) is 0.364. The van der Waals surface area contributed by atoms with E-state index in [0.717, 1.165) is 22.0 Å². The van der Waals surface area contributed by atoms with Crippen LogP contribution in [0.3, 0.4) is 0 Å². The molecule has 1 aliphatic heterocycles. The average molecular weight is 411 g/mol. The van der Waals surface area contributed by atoms with E-state index in [0.29, 0.717) is 31.6 Å². The second-order valence-corrected chi connectivity index (χ2v) is 7.48. The van der Waals surface area contributed by atoms with Crippen LogP contribution < -0.4 is 5.32 Å². The number of alkyl halides is 2. The zero-order valence-electron chi connectivity index (χ0n) is 16.5. The minimum Gasteiger partial charge on any atom is -0.342 e. The minimum absolute atomic E-state index is 0.0132. The third kappa shape index (κ3) is 4.94. The lowest BCUT2D eigenvalue weighted by atomic mass is 10.0. The molecule has 1 fully saturated rings. The van der Waals surface area contributed by atoms with E-state index in [1.54, 1.807) is 17.3 Å². The Hall–Kier alpha value is -3.00. The van der Waals surface area contributed by atoms with Gasteiger partial charge in [-0.3, -0.25) is 9.78 Å². The van der Waals surface area contributed by atoms with Gasteiger partial charge in [0.05, 0.1) is 24.4 Å². The SMILES string of the molecule is O=C(Cc1cc2cc(-c3cccnn3)ccc2cn1)N1CCC(NCC(F)F)CC1. The molecule has 0 bridgehead atoms. The first-order valence-electron chi connectivity index (χ1n) is 10.0. The van der Waals surface area contributed by atoms with Gasteiger partial charge in [0.25, 0.3) is 6.43 Å². The minimum atomic E-state index is -2.35. The van der Waals surface area contributed by atoms with Crippen molar-refractivity contribution in [3.05, 3.63) is 54.5 Å². The van der Waals surface area contributed by atoms with Gasteiger partial charge in [-0.05, 0) is 42.5 Å². The highest BCUT2D eigenvalue weighted by molar-refractivity contribution is 5.87. The number of benzene rings is 1. The van der Waals surface area contributed by atoms with Crippen molar-refractivity contribution in [3.8, 4) is 11.3 Å². The van der Waals surface area contributed by atoms with E-state index in [2.05, 4.69) is 20.5 Å². The molecule has 1 aliphatic rings. The van der Waals surface area contributed by atoms with Crippen molar-refractivity contribution in [2.24, 2.45) is 0 Å². The summed E-state index contributed by atoms with van der Waals surface area (Å²) in [6.45, 7) is 0.852. The Morgan fingerprint density at radius 2 is 2.00 bits per heavy atom. The van der Waals surface area contributed by atoms with Gasteiger partial charge >= 0.3 is 0 Å². The highest BCUT2D eigenvalue weighted by Gasteiger charge is 2.23. The van der Waals surface area contributed by atoms with Crippen molar-refractivity contribution >= 4 is 16.7 Å². The van der Waals surface area contributed by atoms with E-state index >= 15 is 0 Å². The number of carbonyl (C=O) groups excluding carboxylic acids is 1. The predicted molar refractivity (Wildman–Crippen MR) is 110 cm³/mol. The number of carbonyl (C=O) groups is 1. The van der Waals surface area contributed by atoms with E-state index in [4.69, 9.17) is 0 Å². The third-order valence-electron chi connectivity index (χ3n) is 5.39. The average Bonchev–Trinajstić information content (AvgIpc) is 2.78. The lowest BCUT2D eigenvalue weighted by molar-refractivity contribution is -0.131. The zero-order chi connectivity index (χ0) is 20.9. The normalized spacial score (nSPS) is 15.1. The molecule has 3 aromatic rings. The molecule has 2 aromatic heterocycles. The van der Waals surface area contributed by atoms with Crippen LogP contribution >= 0.6 is 0 Å². The van der Waals surface area contributed by atoms with Gasteiger partial charge in [0.15, 0.2) is 0 Å². The Morgan fingerprint density at radius 3 is 2.73 bits per heavy atom. The van der Waals surface area contributed by atoms with Crippen molar-refractivity contribution in [1.29, 1.82) is 0 Å². The van der Waals surface area contributed by atoms with Gasteiger partial charge in [-0.15, -0.1) is 0 Å². The molecule has 4 rings (SSSR count). The molecular weight excluding hydrogens is 388 g/mol. The van der Waals surface area contributed by atoms with Gasteiger partial charge in [-0.2, -0.15) is 10.2 Å². The summed E-state index contributed by atoms with van der Waals surface area (Å²) in [5.74, 6) is 0.0132. The molecule has 156 valence electrons. The maximum atomic E-state index is 12.7. The molecule has 0 atom stereocenters. The van der Waals surface area contributed by atoms with Crippen molar-refractivity contribution < 1.29 is 13.6 Å². The number of nitrogens with one attached hydrogen (secondary N) is 1. The Balaban J connectivity index is 1.40. The fourth-order valence-corrected chi connectivity index (χ4v) is 3.75. The second kappa shape index (κ2) is 9.21. The van der Waals surface area contributed by atoms with E-state index in [-0.39, 0.29) is 24.9 Å². The highest BCUT2D eigenvalue weighted by atomic mass is 19.3. The molecule has 0 radical (unpaired) electrons. The summed E-state index contributed by atoms with van der Waals surface area (Å²) >= 11 is 0. The quantitative estimate of drug-likeness (QED) is 0.675. The van der Waals surface area contributed by atoms with Crippen molar-refractivity contribution in [1.82, 2.24) is 25.4 Å². The van der Waals surface area contributed by atoms with Crippen LogP contribution in [-0.4, -0.2) is 58.1 Å². The number of hydrogen-bond donors (Lipinski definition) is 1. The number of hydrogen-bond acceptors (Lipinski definition) is 5. The molecule has 8 heteroatoms. The molecule has 0 unspecified atom stereocenters. The van der Waals surface area contributed by atoms with E-state index in [9.17, 15) is 13.6 Å². The van der Waals surface area contributed by atoms with Crippen LogP contribution in [0.25, 0.3) is 22.0 Å². The predicted octanol–water partition coefficient (Wildman–Crippen LogP) is 3.08. The van der Waals surface area contributed by atoms with E-state index < -0.39 is 6.43 Å². The van der Waals surface area contributed by atoms with Gasteiger partial charge in [0, 0.05) is 42.5 Å². The summed E-state index contributed by atoms with van der Waals surface area (Å²) in [6.07, 6.45) is 2.66. The van der Waals surface area contributed by atoms with Crippen LogP contribution in [0.2, 0.25) is 0 Å². The highest BCUT2D eigenvalue weighted by Crippen LogP contribution is 2.23. The summed E-state index contributed by atoms with van der Waals surface area (Å²) < 4.78 is 24.7. The number of nitrogens with zero attached hydrogens (tertiary/aromatic N) is 4. The molecular formula is C22H23F2N5O. The molecule has 0 saturated carbocycles. The third-order valence-corrected chi connectivity index (χ3v) is 5.39. The van der Waals surface area contributed by atoms with Gasteiger partial charge in [-0.25, -0.2) is 8.78 Å². The van der Waals surface area contributed by atoms with Crippen LogP contribution in [-0.2, 0) is 11.2 Å². The van der Waals surface area contributed by atoms with Gasteiger partial charge in [-0.1, -0.05) is 12.1 Å². The number of aromatic nitrogens is 3. The van der Waals surface area contributed by atoms with E-state index in [1.165, 1.54) is 0 Å². The summed E-state index contributed by atoms with van der Waals surface area (Å²) in [5, 5.41) is 12.9. The number of fused-ring (bicyclic) bond motifs is 1. The van der Waals surface area contributed by atoms with Crippen LogP contribution in [0.15, 0.2) is 48.8 Å². The smallest absolute Gasteiger partial charge is 0.250 e. The maximum Gasteiger partial charge on any atom is 0.250 e. The van der Waals surface area contributed by atoms with Crippen LogP contribution in [0, 0.1) is 0 Å². The number of piperidine rings is 1. The molecule has 1 N–H and O–H groups in total. The summed E-state index contributed by atoms with van der Waals surface area (Å²) in [7, 11) is 0. The van der Waals surface area contributed by atoms with Gasteiger partial charge < -0.3 is 10.2 Å². The standard InChI is InChI=1S/C22H23F2N5O/c23-21(24)14-26-18-5-8-29(9-6-18)22(30)12-19-11-17-10-15(3-4-16(17)13-25-19)20-2-1-7-27-28-20/h1-4,7,10-11,13,18,21,26H,5-6,8-9,12,14H2. The number of rotatable bonds is 6. The summed E-state index contributed by atoms with van der Waals surface area (Å²) in [4.78, 5) is 18.9. The van der Waals surface area contributed by atoms with Crippen LogP contribution in [0.4, 0.5) is 8.78 Å². The summed E-state index contributed by atoms with van der Waals surface area (Å²) in [5.41, 5.74) is 2.45. The first-order valence-corrected chi connectivity index (χ1v) is 10.0. The Bertz CT molecular complexity index is 1010. The fourth-order valence-electron chi connectivity index (χ4n) is 3.75. The van der Waals surface area contributed by atoms with Crippen molar-refractivity contribution in [3.63, 3.8) is 0 Å². The monoisotopic (exact) mass is 411 g/mol. The first-order chi connectivity index (χ1) is 14.6. The number of likely N-dealkylation sites (tertiary alicyclic amines) is 1. The zero-order valence-corrected chi connectivity index (χ0v) is 16.5. The molecule has 1 saturated heterocycles. The Labute approximate surface area is 173 Å². The lowest BCUT2D eigenvalue weighted by Crippen LogP contribution is -2.46. The topological polar surface area (TPSA) is 71.0 Å². The lowest BCUT2D eigenvalue weighted by Gasteiger charge is -2.32. The Kier molecular flexibility index (Phi) is 6.23. The molecule has 1 aromatic carbocycles. The molecule has 0 spiro atoms. The van der Waals surface area contributed by atoms with Crippen molar-refractivity contribution in [2.45, 2.75) is 31.7 Å². The van der Waals surface area contributed by atoms with Crippen LogP contribution in [0.1, 0.15) is 18.5 Å². The number of halogens is 2. The molecule has 0 aliphatic carbocycles. The maximum absolute atomic E-state index is 12.7. The van der Waals surface area contributed by atoms with Gasteiger partial charge in [0.1, 0.15) is 0 Å². The Morgan fingerprint density at radius 1 is 1.17 bits per heavy atom. The molecule has 6 nitrogen and oxygen atoms in total. The first kappa shape index (κ1) is 20.3. The molecule has 1 amide bonds. The number of amides is 1. The van der Waals surface area contributed by atoms with Gasteiger partial charge in [0.2, 0.25) is 5.91 Å². The number of pyridine rings is 1. The van der Waals surface area contributed by atoms with E-state index in [1.807, 2.05) is 36.4 Å². The molecule has 3 heterocycles. The second-order valence-electron chi connectivity index (χ2n) is 7.48. The van der Waals surface area contributed by atoms with Crippen LogP contribution in [0.5, 0.6) is 0 Å². The van der Waals surface area contributed by atoms with Crippen molar-refractivity contribution in [2.75, 3.05) is 19.6 Å². The molecule has 30 heavy (non-hydrogen) atoms.